The molecule has 0 aliphatic heterocycles. The maximum atomic E-state index is 8.52. The molecule has 0 spiro atoms. The van der Waals surface area contributed by atoms with Crippen molar-refractivity contribution in [2.24, 2.45) is 0 Å². The van der Waals surface area contributed by atoms with Gasteiger partial charge in [0.05, 0.1) is 78.5 Å². The Balaban J connectivity index is -0.000000221. The van der Waals surface area contributed by atoms with Crippen LogP contribution >= 0.6 is 0 Å². The summed E-state index contributed by atoms with van der Waals surface area (Å²) in [6.07, 6.45) is 33.2. The highest BCUT2D eigenvalue weighted by molar-refractivity contribution is 7.79. The van der Waals surface area contributed by atoms with E-state index < -0.39 is 10.4 Å². The summed E-state index contributed by atoms with van der Waals surface area (Å²) < 4.78 is 38.3. The molecule has 57 heavy (non-hydrogen) atoms. The Labute approximate surface area is 361 Å². The first-order chi connectivity index (χ1) is 26.7. The molecule has 0 atom stereocenters. The first-order valence-electron chi connectivity index (χ1n) is 24.9. The lowest BCUT2D eigenvalue weighted by atomic mass is 10.1. The highest BCUT2D eigenvalue weighted by atomic mass is 32.3. The summed E-state index contributed by atoms with van der Waals surface area (Å²) in [5.41, 5.74) is 0. The molecular formula is C48H109N3O5S. The molecular weight excluding hydrogens is 731 g/mol. The second kappa shape index (κ2) is 46.8. The average Bonchev–Trinajstić information content (AvgIpc) is 3.19. The van der Waals surface area contributed by atoms with Crippen molar-refractivity contribution in [3.63, 3.8) is 0 Å². The molecule has 0 bridgehead atoms. The van der Waals surface area contributed by atoms with Gasteiger partial charge in [-0.3, -0.25) is 8.42 Å². The predicted octanol–water partition coefficient (Wildman–Crippen LogP) is 13.5. The number of quaternary nitrogens is 3. The maximum Gasteiger partial charge on any atom is 0.0786 e. The summed E-state index contributed by atoms with van der Waals surface area (Å²) >= 11 is 0. The lowest BCUT2D eigenvalue weighted by Gasteiger charge is -2.39. The lowest BCUT2D eigenvalue weighted by molar-refractivity contribution is -0.929. The van der Waals surface area contributed by atoms with Crippen molar-refractivity contribution in [3.05, 3.63) is 0 Å². The van der Waals surface area contributed by atoms with E-state index in [0.717, 1.165) is 0 Å². The minimum atomic E-state index is -5.17. The number of hydrogen-bond donors (Lipinski definition) is 0. The molecule has 0 aliphatic rings. The Kier molecular flexibility index (Phi) is 54.0. The van der Waals surface area contributed by atoms with Gasteiger partial charge >= 0.3 is 0 Å². The van der Waals surface area contributed by atoms with Crippen LogP contribution < -0.4 is 0 Å². The van der Waals surface area contributed by atoms with Crippen molar-refractivity contribution in [2.45, 2.75) is 237 Å². The molecule has 0 rings (SSSR count). The Bertz CT molecular complexity index is 653. The van der Waals surface area contributed by atoms with Crippen LogP contribution in [0.3, 0.4) is 0 Å². The van der Waals surface area contributed by atoms with Crippen LogP contribution in [0, 0.1) is 0 Å². The lowest BCUT2D eigenvalue weighted by Crippen LogP contribution is -2.50. The Morgan fingerprint density at radius 3 is 0.386 bits per heavy atom. The summed E-state index contributed by atoms with van der Waals surface area (Å²) in [5, 5.41) is 0. The molecule has 1 N–H and O–H groups in total. The molecule has 0 heterocycles. The van der Waals surface area contributed by atoms with Gasteiger partial charge in [-0.25, -0.2) is 0 Å². The van der Waals surface area contributed by atoms with Crippen LogP contribution in [0.4, 0.5) is 0 Å². The second-order valence-electron chi connectivity index (χ2n) is 17.4. The van der Waals surface area contributed by atoms with Crippen molar-refractivity contribution in [3.8, 4) is 0 Å². The smallest absolute Gasteiger partial charge is 0.0786 e. The van der Waals surface area contributed by atoms with E-state index in [-0.39, 0.29) is 5.48 Å². The van der Waals surface area contributed by atoms with Gasteiger partial charge in [-0.15, -0.1) is 0 Å². The van der Waals surface area contributed by atoms with Crippen molar-refractivity contribution in [2.75, 3.05) is 78.5 Å². The maximum absolute atomic E-state index is 8.52. The predicted molar refractivity (Wildman–Crippen MR) is 250 cm³/mol. The minimum absolute atomic E-state index is 0. The molecule has 0 aromatic heterocycles. The SMILES string of the molecule is CCCC[N+](CCCC)(CCCC)CCCC.CCCC[N+](CCCC)(CCCC)CCCC.CCCC[N+](CCCC)(CCCC)CCCC.O=S(=O)([O-])[O-].[OH-]. The van der Waals surface area contributed by atoms with Crippen LogP contribution in [0.1, 0.15) is 237 Å². The van der Waals surface area contributed by atoms with Crippen molar-refractivity contribution >= 4 is 10.4 Å². The van der Waals surface area contributed by atoms with Gasteiger partial charge in [0.25, 0.3) is 0 Å². The molecule has 0 saturated heterocycles. The minimum Gasteiger partial charge on any atom is -0.870 e. The number of unbranched alkanes of at least 4 members (excludes halogenated alkanes) is 12. The van der Waals surface area contributed by atoms with E-state index >= 15 is 0 Å². The molecule has 352 valence electrons. The molecule has 0 aliphatic carbocycles. The molecule has 0 unspecified atom stereocenters. The Morgan fingerprint density at radius 1 is 0.263 bits per heavy atom. The van der Waals surface area contributed by atoms with Crippen molar-refractivity contribution in [1.82, 2.24) is 0 Å². The van der Waals surface area contributed by atoms with Gasteiger partial charge in [-0.2, -0.15) is 0 Å². The van der Waals surface area contributed by atoms with Crippen LogP contribution in [0.15, 0.2) is 0 Å². The molecule has 9 heteroatoms. The second-order valence-corrected chi connectivity index (χ2v) is 18.2. The van der Waals surface area contributed by atoms with E-state index in [0.29, 0.717) is 0 Å². The van der Waals surface area contributed by atoms with Crippen LogP contribution in [0.5, 0.6) is 0 Å². The third kappa shape index (κ3) is 45.1. The van der Waals surface area contributed by atoms with Gasteiger partial charge in [-0.1, -0.05) is 160 Å². The zero-order chi connectivity index (χ0) is 43.5. The highest BCUT2D eigenvalue weighted by Gasteiger charge is 2.26. The Hall–Kier alpha value is -0.290. The van der Waals surface area contributed by atoms with Crippen LogP contribution in [0.2, 0.25) is 0 Å². The molecule has 0 saturated carbocycles. The molecule has 0 amide bonds. The van der Waals surface area contributed by atoms with Crippen LogP contribution in [0.25, 0.3) is 0 Å². The van der Waals surface area contributed by atoms with E-state index in [2.05, 4.69) is 83.1 Å². The fourth-order valence-corrected chi connectivity index (χ4v) is 7.93. The molecule has 0 radical (unpaired) electrons. The summed E-state index contributed by atoms with van der Waals surface area (Å²) in [4.78, 5) is 0. The first-order valence-corrected chi connectivity index (χ1v) is 26.3. The monoisotopic (exact) mass is 840 g/mol. The van der Waals surface area contributed by atoms with Gasteiger partial charge in [0.1, 0.15) is 0 Å². The van der Waals surface area contributed by atoms with E-state index in [1.54, 1.807) is 0 Å². The highest BCUT2D eigenvalue weighted by Crippen LogP contribution is 2.19. The van der Waals surface area contributed by atoms with Crippen LogP contribution in [-0.2, 0) is 10.4 Å². The fourth-order valence-electron chi connectivity index (χ4n) is 7.93. The van der Waals surface area contributed by atoms with E-state index in [1.807, 2.05) is 0 Å². The van der Waals surface area contributed by atoms with E-state index in [1.165, 1.54) is 246 Å². The third-order valence-corrected chi connectivity index (χ3v) is 11.8. The van der Waals surface area contributed by atoms with Gasteiger partial charge in [-0.05, 0) is 77.0 Å². The average molecular weight is 840 g/mol. The van der Waals surface area contributed by atoms with Gasteiger partial charge < -0.3 is 28.0 Å². The van der Waals surface area contributed by atoms with E-state index in [4.69, 9.17) is 17.5 Å². The fraction of sp³-hybridized carbons (Fsp3) is 1.00. The first kappa shape index (κ1) is 65.8. The molecule has 8 nitrogen and oxygen atoms in total. The zero-order valence-corrected chi connectivity index (χ0v) is 42.1. The van der Waals surface area contributed by atoms with Gasteiger partial charge in [0.2, 0.25) is 0 Å². The molecule has 0 fully saturated rings. The summed E-state index contributed by atoms with van der Waals surface area (Å²) in [6, 6.07) is 0. The number of hydrogen-bond acceptors (Lipinski definition) is 5. The topological polar surface area (TPSA) is 110 Å². The zero-order valence-electron chi connectivity index (χ0n) is 41.3. The van der Waals surface area contributed by atoms with Crippen molar-refractivity contribution < 1.29 is 36.4 Å². The standard InChI is InChI=1S/3C16H36N.H2O4S.H2O/c3*1-5-9-13-17(14-10-6-2,15-11-7-3)16-12-8-4;1-5(2,3)4;/h3*5-16H2,1-4H3;(H2,1,2,3,4);1H2/q3*+1;;/p-3. The summed E-state index contributed by atoms with van der Waals surface area (Å²) in [5.74, 6) is 0. The van der Waals surface area contributed by atoms with Gasteiger partial charge in [0.15, 0.2) is 0 Å². The molecule has 0 aromatic rings. The number of rotatable bonds is 36. The van der Waals surface area contributed by atoms with Crippen molar-refractivity contribution in [1.29, 1.82) is 0 Å². The molecule has 0 aromatic carbocycles. The summed E-state index contributed by atoms with van der Waals surface area (Å²) in [7, 11) is -5.17. The normalized spacial score (nSPS) is 11.8. The third-order valence-electron chi connectivity index (χ3n) is 11.8. The van der Waals surface area contributed by atoms with Crippen LogP contribution in [-0.4, -0.2) is 115 Å². The largest absolute Gasteiger partial charge is 0.870 e. The quantitative estimate of drug-likeness (QED) is 0.0354. The van der Waals surface area contributed by atoms with E-state index in [9.17, 15) is 0 Å². The van der Waals surface area contributed by atoms with Gasteiger partial charge in [0, 0.05) is 10.4 Å². The Morgan fingerprint density at radius 2 is 0.333 bits per heavy atom. The number of nitrogens with zero attached hydrogens (tertiary/aromatic N) is 3. The summed E-state index contributed by atoms with van der Waals surface area (Å²) in [6.45, 7) is 45.1.